The predicted octanol–water partition coefficient (Wildman–Crippen LogP) is 4.23. The van der Waals surface area contributed by atoms with Crippen LogP contribution in [0.15, 0.2) is 42.5 Å². The van der Waals surface area contributed by atoms with Gasteiger partial charge in [-0.3, -0.25) is 9.59 Å². The maximum absolute atomic E-state index is 13.1. The van der Waals surface area contributed by atoms with Gasteiger partial charge in [0.2, 0.25) is 5.91 Å². The molecule has 4 rings (SSSR count). The predicted molar refractivity (Wildman–Crippen MR) is 146 cm³/mol. The normalized spacial score (nSPS) is 16.6. The van der Waals surface area contributed by atoms with Crippen LogP contribution in [0.4, 0.5) is 0 Å². The van der Waals surface area contributed by atoms with Crippen molar-refractivity contribution in [2.75, 3.05) is 33.4 Å². The van der Waals surface area contributed by atoms with E-state index in [1.807, 2.05) is 23.1 Å². The van der Waals surface area contributed by atoms with Crippen molar-refractivity contribution in [2.24, 2.45) is 5.73 Å². The molecule has 1 aliphatic rings. The number of aryl methyl sites for hydroxylation is 1. The second-order valence-electron chi connectivity index (χ2n) is 9.41. The molecule has 2 heterocycles. The van der Waals surface area contributed by atoms with Crippen molar-refractivity contribution >= 4 is 46.0 Å². The summed E-state index contributed by atoms with van der Waals surface area (Å²) >= 11 is 12.2. The quantitative estimate of drug-likeness (QED) is 0.371. The van der Waals surface area contributed by atoms with Crippen molar-refractivity contribution in [3.05, 3.63) is 63.9 Å². The average molecular weight is 546 g/mol. The third-order valence-corrected chi connectivity index (χ3v) is 7.33. The molecule has 8 nitrogen and oxygen atoms in total. The van der Waals surface area contributed by atoms with Gasteiger partial charge in [0, 0.05) is 58.3 Å². The van der Waals surface area contributed by atoms with Crippen molar-refractivity contribution in [3.63, 3.8) is 0 Å². The van der Waals surface area contributed by atoms with Crippen LogP contribution in [-0.2, 0) is 16.1 Å². The molecule has 3 aromatic rings. The molecule has 0 bridgehead atoms. The van der Waals surface area contributed by atoms with Crippen molar-refractivity contribution in [1.82, 2.24) is 19.8 Å². The minimum absolute atomic E-state index is 0.0238. The maximum Gasteiger partial charge on any atom is 0.254 e. The molecule has 2 amide bonds. The first-order chi connectivity index (χ1) is 17.9. The fourth-order valence-electron chi connectivity index (χ4n) is 4.87. The molecule has 1 aromatic heterocycles. The van der Waals surface area contributed by atoms with Gasteiger partial charge in [-0.25, -0.2) is 4.98 Å². The number of nitrogens with zero attached hydrogens (tertiary/aromatic N) is 3. The van der Waals surface area contributed by atoms with Crippen molar-refractivity contribution in [1.29, 1.82) is 0 Å². The number of hydrogen-bond donors (Lipinski definition) is 2. The topological polar surface area (TPSA) is 102 Å². The zero-order valence-electron chi connectivity index (χ0n) is 21.0. The SMILES string of the molecule is COCCCn1c([C@@H]2CCCN(C(=O)C[C@@H](N)CNC(=O)c3c(Cl)cccc3Cl)C2)nc2ccccc21. The van der Waals surface area contributed by atoms with Crippen molar-refractivity contribution in [3.8, 4) is 0 Å². The van der Waals surface area contributed by atoms with Crippen LogP contribution in [0.3, 0.4) is 0 Å². The summed E-state index contributed by atoms with van der Waals surface area (Å²) in [7, 11) is 1.71. The highest BCUT2D eigenvalue weighted by Crippen LogP contribution is 2.30. The van der Waals surface area contributed by atoms with Crippen molar-refractivity contribution in [2.45, 2.75) is 44.2 Å². The maximum atomic E-state index is 13.1. The van der Waals surface area contributed by atoms with Gasteiger partial charge >= 0.3 is 0 Å². The summed E-state index contributed by atoms with van der Waals surface area (Å²) < 4.78 is 7.53. The molecular formula is C27H33Cl2N5O3. The highest BCUT2D eigenvalue weighted by Gasteiger charge is 2.29. The first-order valence-electron chi connectivity index (χ1n) is 12.6. The van der Waals surface area contributed by atoms with Gasteiger partial charge in [-0.1, -0.05) is 41.4 Å². The Morgan fingerprint density at radius 3 is 2.70 bits per heavy atom. The smallest absolute Gasteiger partial charge is 0.254 e. The lowest BCUT2D eigenvalue weighted by Crippen LogP contribution is -2.45. The van der Waals surface area contributed by atoms with Gasteiger partial charge in [0.1, 0.15) is 5.82 Å². The van der Waals surface area contributed by atoms with E-state index in [-0.39, 0.29) is 40.4 Å². The van der Waals surface area contributed by atoms with Gasteiger partial charge in [0.15, 0.2) is 0 Å². The molecule has 3 N–H and O–H groups in total. The summed E-state index contributed by atoms with van der Waals surface area (Å²) in [6.07, 6.45) is 2.89. The highest BCUT2D eigenvalue weighted by atomic mass is 35.5. The van der Waals surface area contributed by atoms with E-state index < -0.39 is 11.9 Å². The second kappa shape index (κ2) is 12.7. The van der Waals surface area contributed by atoms with Gasteiger partial charge in [-0.05, 0) is 43.5 Å². The lowest BCUT2D eigenvalue weighted by Gasteiger charge is -2.33. The number of nitrogens with two attached hydrogens (primary N) is 1. The van der Waals surface area contributed by atoms with E-state index in [9.17, 15) is 9.59 Å². The number of amides is 2. The number of likely N-dealkylation sites (tertiary alicyclic amines) is 1. The Labute approximate surface area is 227 Å². The molecule has 0 saturated carbocycles. The number of fused-ring (bicyclic) bond motifs is 1. The molecule has 2 aromatic carbocycles. The first-order valence-corrected chi connectivity index (χ1v) is 13.3. The fourth-order valence-corrected chi connectivity index (χ4v) is 5.44. The van der Waals surface area contributed by atoms with Crippen LogP contribution >= 0.6 is 23.2 Å². The third-order valence-electron chi connectivity index (χ3n) is 6.70. The highest BCUT2D eigenvalue weighted by molar-refractivity contribution is 6.39. The van der Waals surface area contributed by atoms with Crippen LogP contribution in [-0.4, -0.2) is 65.7 Å². The summed E-state index contributed by atoms with van der Waals surface area (Å²) in [5.41, 5.74) is 8.49. The number of ether oxygens (including phenoxy) is 1. The number of halogens is 2. The second-order valence-corrected chi connectivity index (χ2v) is 10.2. The Kier molecular flexibility index (Phi) is 9.43. The number of hydrogen-bond acceptors (Lipinski definition) is 5. The van der Waals surface area contributed by atoms with Crippen LogP contribution < -0.4 is 11.1 Å². The molecule has 1 saturated heterocycles. The molecule has 1 aliphatic heterocycles. The molecule has 2 atom stereocenters. The average Bonchev–Trinajstić information content (AvgIpc) is 3.26. The largest absolute Gasteiger partial charge is 0.385 e. The summed E-state index contributed by atoms with van der Waals surface area (Å²) in [5, 5.41) is 3.27. The number of imidazole rings is 1. The molecule has 198 valence electrons. The fraction of sp³-hybridized carbons (Fsp3) is 0.444. The van der Waals surface area contributed by atoms with Crippen LogP contribution in [0.5, 0.6) is 0 Å². The first kappa shape index (κ1) is 27.4. The summed E-state index contributed by atoms with van der Waals surface area (Å²) in [5.74, 6) is 0.724. The van der Waals surface area contributed by atoms with Gasteiger partial charge < -0.3 is 25.3 Å². The van der Waals surface area contributed by atoms with Crippen LogP contribution in [0.25, 0.3) is 11.0 Å². The Balaban J connectivity index is 1.37. The van der Waals surface area contributed by atoms with Gasteiger partial charge in [0.05, 0.1) is 26.6 Å². The molecule has 0 radical (unpaired) electrons. The molecular weight excluding hydrogens is 513 g/mol. The van der Waals surface area contributed by atoms with E-state index in [1.165, 1.54) is 0 Å². The molecule has 0 unspecified atom stereocenters. The summed E-state index contributed by atoms with van der Waals surface area (Å²) in [6, 6.07) is 12.5. The molecule has 1 fully saturated rings. The van der Waals surface area contributed by atoms with E-state index in [2.05, 4.69) is 16.0 Å². The van der Waals surface area contributed by atoms with E-state index in [4.69, 9.17) is 38.7 Å². The van der Waals surface area contributed by atoms with E-state index in [0.29, 0.717) is 19.7 Å². The zero-order chi connectivity index (χ0) is 26.4. The van der Waals surface area contributed by atoms with Crippen LogP contribution in [0.1, 0.15) is 47.8 Å². The van der Waals surface area contributed by atoms with E-state index in [0.717, 1.165) is 42.7 Å². The lowest BCUT2D eigenvalue weighted by atomic mass is 9.96. The Bertz CT molecular complexity index is 1230. The van der Waals surface area contributed by atoms with Gasteiger partial charge in [-0.15, -0.1) is 0 Å². The number of aromatic nitrogens is 2. The van der Waals surface area contributed by atoms with E-state index in [1.54, 1.807) is 25.3 Å². The number of para-hydroxylation sites is 2. The zero-order valence-corrected chi connectivity index (χ0v) is 22.5. The van der Waals surface area contributed by atoms with Crippen LogP contribution in [0.2, 0.25) is 10.0 Å². The standard InChI is InChI=1S/C27H33Cl2N5O3/c1-37-14-6-13-34-23-11-3-2-10-22(23)32-26(34)18-7-5-12-33(17-18)24(35)15-19(30)16-31-27(36)25-20(28)8-4-9-21(25)29/h2-4,8-11,18-19H,5-7,12-17,30H2,1H3,(H,31,36)/t18-,19-/m1/s1. The third kappa shape index (κ3) is 6.62. The number of nitrogens with one attached hydrogen (secondary N) is 1. The summed E-state index contributed by atoms with van der Waals surface area (Å²) in [6.45, 7) is 2.92. The Hall–Kier alpha value is -2.65. The summed E-state index contributed by atoms with van der Waals surface area (Å²) in [4.78, 5) is 32.5. The van der Waals surface area contributed by atoms with Crippen molar-refractivity contribution < 1.29 is 14.3 Å². The molecule has 0 aliphatic carbocycles. The Morgan fingerprint density at radius 2 is 1.95 bits per heavy atom. The van der Waals surface area contributed by atoms with E-state index >= 15 is 0 Å². The molecule has 10 heteroatoms. The number of benzene rings is 2. The number of piperidine rings is 1. The number of carbonyl (C=O) groups excluding carboxylic acids is 2. The lowest BCUT2D eigenvalue weighted by molar-refractivity contribution is -0.132. The van der Waals surface area contributed by atoms with Gasteiger partial charge in [0.25, 0.3) is 5.91 Å². The molecule has 37 heavy (non-hydrogen) atoms. The number of rotatable bonds is 10. The Morgan fingerprint density at radius 1 is 1.19 bits per heavy atom. The molecule has 0 spiro atoms. The van der Waals surface area contributed by atoms with Gasteiger partial charge in [-0.2, -0.15) is 0 Å². The monoisotopic (exact) mass is 545 g/mol. The number of methoxy groups -OCH3 is 1. The number of carbonyl (C=O) groups is 2. The minimum Gasteiger partial charge on any atom is -0.385 e. The minimum atomic E-state index is -0.531. The van der Waals surface area contributed by atoms with Crippen LogP contribution in [0, 0.1) is 0 Å².